The highest BCUT2D eigenvalue weighted by molar-refractivity contribution is 5.93. The standard InChI is InChI=1S/C23H29N5O4/c1-16-17(2)28(14-18-5-3-11-31-18)22(19(16)13-24)25-21(29)15-26-7-9-27(10-8-26)23(30)20-6-4-12-32-20/h4,6,12,18H,3,5,7-11,14-15H2,1-2H3,(H,25,29). The van der Waals surface area contributed by atoms with Crippen LogP contribution in [0.1, 0.15) is 40.2 Å². The van der Waals surface area contributed by atoms with Crippen LogP contribution >= 0.6 is 0 Å². The molecule has 1 N–H and O–H groups in total. The number of hydrogen-bond acceptors (Lipinski definition) is 6. The number of aromatic nitrogens is 1. The van der Waals surface area contributed by atoms with Crippen LogP contribution < -0.4 is 5.32 Å². The van der Waals surface area contributed by atoms with Gasteiger partial charge in [-0.15, -0.1) is 0 Å². The molecule has 2 fully saturated rings. The Morgan fingerprint density at radius 1 is 1.25 bits per heavy atom. The average molecular weight is 440 g/mol. The van der Waals surface area contributed by atoms with Crippen molar-refractivity contribution >= 4 is 17.6 Å². The van der Waals surface area contributed by atoms with Gasteiger partial charge in [0.05, 0.1) is 31.0 Å². The fourth-order valence-electron chi connectivity index (χ4n) is 4.39. The number of nitrogens with zero attached hydrogens (tertiary/aromatic N) is 4. The van der Waals surface area contributed by atoms with Crippen LogP contribution in [-0.4, -0.2) is 71.6 Å². The van der Waals surface area contributed by atoms with Gasteiger partial charge in [-0.25, -0.2) is 0 Å². The average Bonchev–Trinajstić information content (AvgIpc) is 3.54. The molecule has 2 amide bonds. The summed E-state index contributed by atoms with van der Waals surface area (Å²) in [5.41, 5.74) is 2.35. The third-order valence-corrected chi connectivity index (χ3v) is 6.37. The molecule has 4 rings (SSSR count). The third kappa shape index (κ3) is 4.56. The molecule has 170 valence electrons. The van der Waals surface area contributed by atoms with Gasteiger partial charge in [0.2, 0.25) is 5.91 Å². The van der Waals surface area contributed by atoms with Crippen LogP contribution in [0.2, 0.25) is 0 Å². The van der Waals surface area contributed by atoms with Crippen molar-refractivity contribution in [2.75, 3.05) is 44.6 Å². The molecule has 32 heavy (non-hydrogen) atoms. The van der Waals surface area contributed by atoms with E-state index in [0.29, 0.717) is 49.9 Å². The Morgan fingerprint density at radius 2 is 2.03 bits per heavy atom. The van der Waals surface area contributed by atoms with Crippen LogP contribution in [0.15, 0.2) is 22.8 Å². The second-order valence-electron chi connectivity index (χ2n) is 8.39. The first-order valence-corrected chi connectivity index (χ1v) is 11.0. The molecule has 9 heteroatoms. The van der Waals surface area contributed by atoms with E-state index >= 15 is 0 Å². The minimum atomic E-state index is -0.168. The highest BCUT2D eigenvalue weighted by Crippen LogP contribution is 2.28. The summed E-state index contributed by atoms with van der Waals surface area (Å²) in [5.74, 6) is 0.585. The van der Waals surface area contributed by atoms with Crippen molar-refractivity contribution < 1.29 is 18.7 Å². The molecule has 2 aromatic heterocycles. The number of nitriles is 1. The second kappa shape index (κ2) is 9.59. The first kappa shape index (κ1) is 22.1. The van der Waals surface area contributed by atoms with Crippen molar-refractivity contribution in [3.63, 3.8) is 0 Å². The number of piperazine rings is 1. The number of amides is 2. The minimum Gasteiger partial charge on any atom is -0.459 e. The van der Waals surface area contributed by atoms with Crippen LogP contribution in [0.5, 0.6) is 0 Å². The van der Waals surface area contributed by atoms with E-state index in [4.69, 9.17) is 9.15 Å². The highest BCUT2D eigenvalue weighted by Gasteiger charge is 2.27. The molecule has 9 nitrogen and oxygen atoms in total. The fourth-order valence-corrected chi connectivity index (χ4v) is 4.39. The molecule has 0 saturated carbocycles. The molecule has 4 heterocycles. The molecular weight excluding hydrogens is 410 g/mol. The first-order chi connectivity index (χ1) is 15.5. The summed E-state index contributed by atoms with van der Waals surface area (Å²) in [6, 6.07) is 5.60. The summed E-state index contributed by atoms with van der Waals surface area (Å²) in [5, 5.41) is 12.7. The molecule has 2 aliphatic heterocycles. The maximum Gasteiger partial charge on any atom is 0.289 e. The van der Waals surface area contributed by atoms with Gasteiger partial charge in [0.15, 0.2) is 5.76 Å². The van der Waals surface area contributed by atoms with E-state index in [2.05, 4.69) is 11.4 Å². The number of anilines is 1. The second-order valence-corrected chi connectivity index (χ2v) is 8.39. The Hall–Kier alpha value is -3.09. The van der Waals surface area contributed by atoms with Crippen molar-refractivity contribution in [3.8, 4) is 6.07 Å². The van der Waals surface area contributed by atoms with E-state index in [9.17, 15) is 14.9 Å². The third-order valence-electron chi connectivity index (χ3n) is 6.37. The lowest BCUT2D eigenvalue weighted by Crippen LogP contribution is -2.50. The molecule has 1 atom stereocenters. The lowest BCUT2D eigenvalue weighted by molar-refractivity contribution is -0.117. The summed E-state index contributed by atoms with van der Waals surface area (Å²) >= 11 is 0. The minimum absolute atomic E-state index is 0.0995. The molecule has 0 bridgehead atoms. The Labute approximate surface area is 187 Å². The highest BCUT2D eigenvalue weighted by atomic mass is 16.5. The molecule has 0 radical (unpaired) electrons. The van der Waals surface area contributed by atoms with Gasteiger partial charge in [-0.3, -0.25) is 14.5 Å². The Balaban J connectivity index is 1.37. The van der Waals surface area contributed by atoms with Gasteiger partial charge in [-0.1, -0.05) is 0 Å². The predicted molar refractivity (Wildman–Crippen MR) is 117 cm³/mol. The van der Waals surface area contributed by atoms with Crippen molar-refractivity contribution in [1.82, 2.24) is 14.4 Å². The number of rotatable bonds is 6. The van der Waals surface area contributed by atoms with Gasteiger partial charge in [-0.2, -0.15) is 5.26 Å². The normalized spacial score (nSPS) is 19.2. The monoisotopic (exact) mass is 439 g/mol. The zero-order chi connectivity index (χ0) is 22.7. The molecule has 2 aliphatic rings. The first-order valence-electron chi connectivity index (χ1n) is 11.0. The van der Waals surface area contributed by atoms with Gasteiger partial charge >= 0.3 is 0 Å². The zero-order valence-corrected chi connectivity index (χ0v) is 18.6. The van der Waals surface area contributed by atoms with Gasteiger partial charge in [0.25, 0.3) is 5.91 Å². The molecule has 2 saturated heterocycles. The number of carbonyl (C=O) groups is 2. The topological polar surface area (TPSA) is 104 Å². The summed E-state index contributed by atoms with van der Waals surface area (Å²) in [6.07, 6.45) is 3.60. The summed E-state index contributed by atoms with van der Waals surface area (Å²) in [7, 11) is 0. The van der Waals surface area contributed by atoms with Crippen molar-refractivity contribution in [3.05, 3.63) is 41.0 Å². The van der Waals surface area contributed by atoms with E-state index < -0.39 is 0 Å². The molecule has 1 unspecified atom stereocenters. The quantitative estimate of drug-likeness (QED) is 0.740. The molecular formula is C23H29N5O4. The van der Waals surface area contributed by atoms with E-state index in [1.807, 2.05) is 23.3 Å². The Bertz CT molecular complexity index is 1010. The molecule has 0 aliphatic carbocycles. The van der Waals surface area contributed by atoms with Crippen LogP contribution in [0.4, 0.5) is 5.82 Å². The van der Waals surface area contributed by atoms with Crippen LogP contribution in [-0.2, 0) is 16.1 Å². The van der Waals surface area contributed by atoms with Gasteiger partial charge in [0.1, 0.15) is 11.9 Å². The maximum absolute atomic E-state index is 12.9. The van der Waals surface area contributed by atoms with E-state index in [1.165, 1.54) is 6.26 Å². The number of carbonyl (C=O) groups excluding carboxylic acids is 2. The Kier molecular flexibility index (Phi) is 6.63. The molecule has 0 aromatic carbocycles. The summed E-state index contributed by atoms with van der Waals surface area (Å²) < 4.78 is 13.0. The lowest BCUT2D eigenvalue weighted by Gasteiger charge is -2.33. The number of hydrogen-bond donors (Lipinski definition) is 1. The number of nitrogens with one attached hydrogen (secondary N) is 1. The van der Waals surface area contributed by atoms with E-state index in [1.54, 1.807) is 17.0 Å². The SMILES string of the molecule is Cc1c(C#N)c(NC(=O)CN2CCN(C(=O)c3ccco3)CC2)n(CC2CCCO2)c1C. The van der Waals surface area contributed by atoms with Crippen LogP contribution in [0, 0.1) is 25.2 Å². The number of ether oxygens (including phenoxy) is 1. The fraction of sp³-hybridized carbons (Fsp3) is 0.522. The van der Waals surface area contributed by atoms with Crippen LogP contribution in [0.25, 0.3) is 0 Å². The molecule has 0 spiro atoms. The summed E-state index contributed by atoms with van der Waals surface area (Å²) in [4.78, 5) is 29.0. The summed E-state index contributed by atoms with van der Waals surface area (Å²) in [6.45, 7) is 7.72. The lowest BCUT2D eigenvalue weighted by atomic mass is 10.2. The van der Waals surface area contributed by atoms with Crippen molar-refractivity contribution in [2.45, 2.75) is 39.3 Å². The van der Waals surface area contributed by atoms with E-state index in [-0.39, 0.29) is 24.5 Å². The van der Waals surface area contributed by atoms with E-state index in [0.717, 1.165) is 30.7 Å². The van der Waals surface area contributed by atoms with Gasteiger partial charge in [0, 0.05) is 38.5 Å². The van der Waals surface area contributed by atoms with Crippen molar-refractivity contribution in [1.29, 1.82) is 5.26 Å². The predicted octanol–water partition coefficient (Wildman–Crippen LogP) is 2.15. The van der Waals surface area contributed by atoms with Crippen molar-refractivity contribution in [2.24, 2.45) is 0 Å². The smallest absolute Gasteiger partial charge is 0.289 e. The maximum atomic E-state index is 12.9. The zero-order valence-electron chi connectivity index (χ0n) is 18.6. The largest absolute Gasteiger partial charge is 0.459 e. The Morgan fingerprint density at radius 3 is 2.66 bits per heavy atom. The van der Waals surface area contributed by atoms with Gasteiger partial charge < -0.3 is 23.9 Å². The van der Waals surface area contributed by atoms with Gasteiger partial charge in [-0.05, 0) is 44.4 Å². The van der Waals surface area contributed by atoms with Crippen LogP contribution in [0.3, 0.4) is 0 Å². The molecule has 2 aromatic rings. The number of furan rings is 1.